The summed E-state index contributed by atoms with van der Waals surface area (Å²) in [7, 11) is 2.04. The van der Waals surface area contributed by atoms with Gasteiger partial charge in [0.05, 0.1) is 0 Å². The number of benzene rings is 2. The summed E-state index contributed by atoms with van der Waals surface area (Å²) in [6.45, 7) is 5.72. The predicted molar refractivity (Wildman–Crippen MR) is 91.9 cm³/mol. The molecule has 2 aromatic rings. The number of nitrogens with one attached hydrogen (secondary N) is 1. The summed E-state index contributed by atoms with van der Waals surface area (Å²) in [5.41, 5.74) is 4.57. The Bertz CT molecular complexity index is 623. The molecule has 0 aliphatic rings. The molecule has 2 aromatic carbocycles. The van der Waals surface area contributed by atoms with Crippen molar-refractivity contribution in [1.82, 2.24) is 4.90 Å². The van der Waals surface area contributed by atoms with Gasteiger partial charge in [0, 0.05) is 25.2 Å². The molecular formula is C19H24N2O. The zero-order chi connectivity index (χ0) is 15.9. The standard InChI is InChI=1S/C19H24N2O/c1-15-9-10-18(13-16(15)2)20-19(22)11-12-21(3)14-17-7-5-4-6-8-17/h4-10,13H,11-12,14H2,1-3H3,(H,20,22). The van der Waals surface area contributed by atoms with Gasteiger partial charge in [-0.15, -0.1) is 0 Å². The third-order valence-corrected chi connectivity index (χ3v) is 3.81. The highest BCUT2D eigenvalue weighted by Crippen LogP contribution is 2.14. The number of rotatable bonds is 6. The molecule has 0 bridgehead atoms. The second kappa shape index (κ2) is 7.76. The van der Waals surface area contributed by atoms with Crippen LogP contribution in [0.3, 0.4) is 0 Å². The van der Waals surface area contributed by atoms with E-state index >= 15 is 0 Å². The van der Waals surface area contributed by atoms with Crippen molar-refractivity contribution in [2.24, 2.45) is 0 Å². The Kier molecular flexibility index (Phi) is 5.73. The summed E-state index contributed by atoms with van der Waals surface area (Å²) in [6.07, 6.45) is 0.496. The lowest BCUT2D eigenvalue weighted by atomic mass is 10.1. The van der Waals surface area contributed by atoms with Gasteiger partial charge in [-0.25, -0.2) is 0 Å². The van der Waals surface area contributed by atoms with Crippen LogP contribution in [-0.4, -0.2) is 24.4 Å². The first-order valence-corrected chi connectivity index (χ1v) is 7.64. The lowest BCUT2D eigenvalue weighted by molar-refractivity contribution is -0.116. The maximum absolute atomic E-state index is 12.0. The number of carbonyl (C=O) groups excluding carboxylic acids is 1. The molecule has 0 spiro atoms. The molecule has 1 N–H and O–H groups in total. The molecule has 0 radical (unpaired) electrons. The van der Waals surface area contributed by atoms with Gasteiger partial charge in [0.2, 0.25) is 5.91 Å². The van der Waals surface area contributed by atoms with E-state index in [1.165, 1.54) is 16.7 Å². The Labute approximate surface area is 133 Å². The lowest BCUT2D eigenvalue weighted by Gasteiger charge is -2.16. The second-order valence-corrected chi connectivity index (χ2v) is 5.82. The Morgan fingerprint density at radius 3 is 2.45 bits per heavy atom. The van der Waals surface area contributed by atoms with Gasteiger partial charge in [0.25, 0.3) is 0 Å². The smallest absolute Gasteiger partial charge is 0.225 e. The number of carbonyl (C=O) groups is 1. The minimum Gasteiger partial charge on any atom is -0.326 e. The molecule has 3 heteroatoms. The summed E-state index contributed by atoms with van der Waals surface area (Å²) < 4.78 is 0. The number of anilines is 1. The average molecular weight is 296 g/mol. The van der Waals surface area contributed by atoms with E-state index in [1.54, 1.807) is 0 Å². The fourth-order valence-electron chi connectivity index (χ4n) is 2.31. The van der Waals surface area contributed by atoms with Gasteiger partial charge in [-0.2, -0.15) is 0 Å². The SMILES string of the molecule is Cc1ccc(NC(=O)CCN(C)Cc2ccccc2)cc1C. The Morgan fingerprint density at radius 2 is 1.77 bits per heavy atom. The molecule has 0 saturated heterocycles. The molecule has 0 fully saturated rings. The van der Waals surface area contributed by atoms with Crippen LogP contribution in [0.2, 0.25) is 0 Å². The van der Waals surface area contributed by atoms with Crippen molar-refractivity contribution in [3.8, 4) is 0 Å². The zero-order valence-electron chi connectivity index (χ0n) is 13.6. The molecular weight excluding hydrogens is 272 g/mol. The van der Waals surface area contributed by atoms with Gasteiger partial charge in [0.1, 0.15) is 0 Å². The summed E-state index contributed by atoms with van der Waals surface area (Å²) >= 11 is 0. The van der Waals surface area contributed by atoms with E-state index in [0.717, 1.165) is 18.8 Å². The van der Waals surface area contributed by atoms with Crippen LogP contribution in [-0.2, 0) is 11.3 Å². The summed E-state index contributed by atoms with van der Waals surface area (Å²) in [4.78, 5) is 14.2. The molecule has 0 unspecified atom stereocenters. The molecule has 116 valence electrons. The molecule has 3 nitrogen and oxygen atoms in total. The largest absolute Gasteiger partial charge is 0.326 e. The van der Waals surface area contributed by atoms with Crippen molar-refractivity contribution in [3.05, 3.63) is 65.2 Å². The number of hydrogen-bond donors (Lipinski definition) is 1. The maximum atomic E-state index is 12.0. The highest BCUT2D eigenvalue weighted by atomic mass is 16.1. The van der Waals surface area contributed by atoms with Crippen LogP contribution in [0.5, 0.6) is 0 Å². The van der Waals surface area contributed by atoms with E-state index in [1.807, 2.05) is 43.4 Å². The van der Waals surface area contributed by atoms with E-state index in [0.29, 0.717) is 6.42 Å². The van der Waals surface area contributed by atoms with E-state index in [-0.39, 0.29) is 5.91 Å². The summed E-state index contributed by atoms with van der Waals surface area (Å²) in [5, 5.41) is 2.96. The molecule has 2 rings (SSSR count). The van der Waals surface area contributed by atoms with Gasteiger partial charge in [-0.3, -0.25) is 4.79 Å². The van der Waals surface area contributed by atoms with Gasteiger partial charge in [-0.1, -0.05) is 36.4 Å². The third-order valence-electron chi connectivity index (χ3n) is 3.81. The summed E-state index contributed by atoms with van der Waals surface area (Å²) in [5.74, 6) is 0.0585. The van der Waals surface area contributed by atoms with Crippen LogP contribution in [0.25, 0.3) is 0 Å². The van der Waals surface area contributed by atoms with E-state index < -0.39 is 0 Å². The molecule has 0 saturated carbocycles. The monoisotopic (exact) mass is 296 g/mol. The first-order valence-electron chi connectivity index (χ1n) is 7.64. The van der Waals surface area contributed by atoms with Crippen molar-refractivity contribution in [3.63, 3.8) is 0 Å². The van der Waals surface area contributed by atoms with Crippen molar-refractivity contribution in [2.45, 2.75) is 26.8 Å². The van der Waals surface area contributed by atoms with E-state index in [2.05, 4.69) is 36.2 Å². The molecule has 22 heavy (non-hydrogen) atoms. The number of aryl methyl sites for hydroxylation is 2. The van der Waals surface area contributed by atoms with E-state index in [4.69, 9.17) is 0 Å². The van der Waals surface area contributed by atoms with Crippen LogP contribution < -0.4 is 5.32 Å². The Hall–Kier alpha value is -2.13. The van der Waals surface area contributed by atoms with Crippen LogP contribution in [0.15, 0.2) is 48.5 Å². The van der Waals surface area contributed by atoms with Gasteiger partial charge in [0.15, 0.2) is 0 Å². The van der Waals surface area contributed by atoms with Crippen LogP contribution in [0.1, 0.15) is 23.1 Å². The number of amides is 1. The van der Waals surface area contributed by atoms with Gasteiger partial charge < -0.3 is 10.2 Å². The molecule has 0 atom stereocenters. The van der Waals surface area contributed by atoms with Gasteiger partial charge in [-0.05, 0) is 49.7 Å². The molecule has 0 aliphatic carbocycles. The average Bonchev–Trinajstić information content (AvgIpc) is 2.50. The maximum Gasteiger partial charge on any atom is 0.225 e. The minimum absolute atomic E-state index is 0.0585. The van der Waals surface area contributed by atoms with Crippen molar-refractivity contribution in [2.75, 3.05) is 18.9 Å². The van der Waals surface area contributed by atoms with Crippen molar-refractivity contribution < 1.29 is 4.79 Å². The normalized spacial score (nSPS) is 10.7. The van der Waals surface area contributed by atoms with Gasteiger partial charge >= 0.3 is 0 Å². The van der Waals surface area contributed by atoms with Crippen LogP contribution in [0.4, 0.5) is 5.69 Å². The predicted octanol–water partition coefficient (Wildman–Crippen LogP) is 3.76. The second-order valence-electron chi connectivity index (χ2n) is 5.82. The minimum atomic E-state index is 0.0585. The fraction of sp³-hybridized carbons (Fsp3) is 0.316. The highest BCUT2D eigenvalue weighted by Gasteiger charge is 2.06. The number of nitrogens with zero attached hydrogens (tertiary/aromatic N) is 1. The molecule has 0 aliphatic heterocycles. The quantitative estimate of drug-likeness (QED) is 0.880. The summed E-state index contributed by atoms with van der Waals surface area (Å²) in [6, 6.07) is 16.3. The molecule has 0 aromatic heterocycles. The Balaban J connectivity index is 1.78. The van der Waals surface area contributed by atoms with Crippen molar-refractivity contribution in [1.29, 1.82) is 0 Å². The first-order chi connectivity index (χ1) is 10.5. The highest BCUT2D eigenvalue weighted by molar-refractivity contribution is 5.90. The topological polar surface area (TPSA) is 32.3 Å². The van der Waals surface area contributed by atoms with Crippen LogP contribution >= 0.6 is 0 Å². The third kappa shape index (κ3) is 5.01. The van der Waals surface area contributed by atoms with Crippen molar-refractivity contribution >= 4 is 11.6 Å². The zero-order valence-corrected chi connectivity index (χ0v) is 13.6. The number of hydrogen-bond acceptors (Lipinski definition) is 2. The molecule has 1 amide bonds. The first kappa shape index (κ1) is 16.2. The van der Waals surface area contributed by atoms with Crippen LogP contribution in [0, 0.1) is 13.8 Å². The lowest BCUT2D eigenvalue weighted by Crippen LogP contribution is -2.24. The van der Waals surface area contributed by atoms with E-state index in [9.17, 15) is 4.79 Å². The fourth-order valence-corrected chi connectivity index (χ4v) is 2.31. The molecule has 0 heterocycles. The Morgan fingerprint density at radius 1 is 1.05 bits per heavy atom.